The molecule has 1 aromatic carbocycles. The van der Waals surface area contributed by atoms with E-state index in [0.29, 0.717) is 11.1 Å². The maximum Gasteiger partial charge on any atom is 0.417 e. The summed E-state index contributed by atoms with van der Waals surface area (Å²) in [6.45, 7) is 1.76. The maximum absolute atomic E-state index is 11.3. The lowest BCUT2D eigenvalue weighted by atomic mass is 10.2. The van der Waals surface area contributed by atoms with Crippen LogP contribution in [-0.4, -0.2) is 19.2 Å². The summed E-state index contributed by atoms with van der Waals surface area (Å²) in [4.78, 5) is 13.4. The monoisotopic (exact) mass is 256 g/mol. The minimum Gasteiger partial charge on any atom is -0.408 e. The maximum atomic E-state index is 11.3. The van der Waals surface area contributed by atoms with E-state index in [2.05, 4.69) is 9.71 Å². The lowest BCUT2D eigenvalue weighted by Gasteiger charge is -2.03. The van der Waals surface area contributed by atoms with Crippen LogP contribution < -0.4 is 10.5 Å². The molecular weight excluding hydrogens is 244 g/mol. The predicted molar refractivity (Wildman–Crippen MR) is 63.1 cm³/mol. The van der Waals surface area contributed by atoms with Gasteiger partial charge < -0.3 is 4.42 Å². The molecule has 0 aliphatic heterocycles. The third kappa shape index (κ3) is 2.75. The largest absolute Gasteiger partial charge is 0.417 e. The van der Waals surface area contributed by atoms with Crippen molar-refractivity contribution in [3.05, 3.63) is 34.3 Å². The standard InChI is InChI=1S/C10H12N2O4S/c1-2-17(14,15)11-6-7-3-4-9-8(5-7)12-10(13)16-9/h3-5,11H,2,6H2,1H3,(H,12,13). The number of oxazole rings is 1. The number of fused-ring (bicyclic) bond motifs is 1. The van der Waals surface area contributed by atoms with Gasteiger partial charge in [-0.3, -0.25) is 4.98 Å². The van der Waals surface area contributed by atoms with Gasteiger partial charge in [-0.2, -0.15) is 0 Å². The first-order chi connectivity index (χ1) is 8.00. The van der Waals surface area contributed by atoms with Crippen LogP contribution >= 0.6 is 0 Å². The SMILES string of the molecule is CCS(=O)(=O)NCc1ccc2oc(=O)[nH]c2c1. The highest BCUT2D eigenvalue weighted by molar-refractivity contribution is 7.89. The molecule has 2 aromatic rings. The topological polar surface area (TPSA) is 92.2 Å². The molecule has 0 bridgehead atoms. The van der Waals surface area contributed by atoms with E-state index in [-0.39, 0.29) is 12.3 Å². The Bertz CT molecular complexity index is 684. The summed E-state index contributed by atoms with van der Waals surface area (Å²) >= 11 is 0. The molecule has 6 nitrogen and oxygen atoms in total. The molecule has 0 aliphatic carbocycles. The van der Waals surface area contributed by atoms with Gasteiger partial charge in [0.25, 0.3) is 0 Å². The summed E-state index contributed by atoms with van der Waals surface area (Å²) < 4.78 is 29.8. The molecule has 0 radical (unpaired) electrons. The molecule has 0 aliphatic rings. The van der Waals surface area contributed by atoms with Gasteiger partial charge in [-0.05, 0) is 24.6 Å². The zero-order valence-corrected chi connectivity index (χ0v) is 10.0. The molecule has 2 N–H and O–H groups in total. The van der Waals surface area contributed by atoms with Gasteiger partial charge in [-0.1, -0.05) is 6.07 Å². The van der Waals surface area contributed by atoms with E-state index in [1.807, 2.05) is 0 Å². The van der Waals surface area contributed by atoms with Crippen LogP contribution in [0.1, 0.15) is 12.5 Å². The molecule has 0 unspecified atom stereocenters. The lowest BCUT2D eigenvalue weighted by molar-refractivity contribution is 0.555. The smallest absolute Gasteiger partial charge is 0.408 e. The molecule has 0 saturated carbocycles. The molecule has 0 saturated heterocycles. The van der Waals surface area contributed by atoms with Crippen molar-refractivity contribution in [3.8, 4) is 0 Å². The summed E-state index contributed by atoms with van der Waals surface area (Å²) in [7, 11) is -3.21. The molecular formula is C10H12N2O4S. The third-order valence-electron chi connectivity index (χ3n) is 2.36. The van der Waals surface area contributed by atoms with E-state index >= 15 is 0 Å². The number of sulfonamides is 1. The molecule has 2 rings (SSSR count). The Balaban J connectivity index is 2.22. The molecule has 0 spiro atoms. The highest BCUT2D eigenvalue weighted by atomic mass is 32.2. The Morgan fingerprint density at radius 3 is 2.88 bits per heavy atom. The van der Waals surface area contributed by atoms with E-state index in [9.17, 15) is 13.2 Å². The van der Waals surface area contributed by atoms with E-state index < -0.39 is 15.8 Å². The molecule has 17 heavy (non-hydrogen) atoms. The number of aromatic nitrogens is 1. The highest BCUT2D eigenvalue weighted by Crippen LogP contribution is 2.12. The summed E-state index contributed by atoms with van der Waals surface area (Å²) in [5, 5.41) is 0. The van der Waals surface area contributed by atoms with Gasteiger partial charge in [-0.15, -0.1) is 0 Å². The zero-order chi connectivity index (χ0) is 12.5. The Hall–Kier alpha value is -1.60. The minimum absolute atomic E-state index is 0.0395. The number of rotatable bonds is 4. The number of nitrogens with one attached hydrogen (secondary N) is 2. The first-order valence-electron chi connectivity index (χ1n) is 5.09. The Morgan fingerprint density at radius 1 is 1.41 bits per heavy atom. The van der Waals surface area contributed by atoms with Gasteiger partial charge in [0.05, 0.1) is 11.3 Å². The van der Waals surface area contributed by atoms with Crippen LogP contribution in [0.2, 0.25) is 0 Å². The van der Waals surface area contributed by atoms with Crippen molar-refractivity contribution < 1.29 is 12.8 Å². The third-order valence-corrected chi connectivity index (χ3v) is 3.70. The molecule has 0 amide bonds. The van der Waals surface area contributed by atoms with Crippen LogP contribution in [0.25, 0.3) is 11.1 Å². The number of hydrogen-bond donors (Lipinski definition) is 2. The second kappa shape index (κ2) is 4.34. The van der Waals surface area contributed by atoms with Crippen molar-refractivity contribution >= 4 is 21.1 Å². The Labute approximate surface area is 97.7 Å². The van der Waals surface area contributed by atoms with Gasteiger partial charge in [-0.25, -0.2) is 17.9 Å². The lowest BCUT2D eigenvalue weighted by Crippen LogP contribution is -2.24. The molecule has 0 atom stereocenters. The number of aromatic amines is 1. The van der Waals surface area contributed by atoms with Crippen LogP contribution in [-0.2, 0) is 16.6 Å². The number of H-pyrrole nitrogens is 1. The van der Waals surface area contributed by atoms with Gasteiger partial charge >= 0.3 is 5.76 Å². The molecule has 7 heteroatoms. The highest BCUT2D eigenvalue weighted by Gasteiger charge is 2.07. The normalized spacial score (nSPS) is 12.1. The van der Waals surface area contributed by atoms with E-state index in [0.717, 1.165) is 5.56 Å². The molecule has 1 heterocycles. The van der Waals surface area contributed by atoms with E-state index in [1.54, 1.807) is 25.1 Å². The van der Waals surface area contributed by atoms with Crippen molar-refractivity contribution in [2.45, 2.75) is 13.5 Å². The summed E-state index contributed by atoms with van der Waals surface area (Å²) in [5.41, 5.74) is 1.77. The van der Waals surface area contributed by atoms with Crippen molar-refractivity contribution in [2.75, 3.05) is 5.75 Å². The second-order valence-corrected chi connectivity index (χ2v) is 5.67. The number of benzene rings is 1. The summed E-state index contributed by atoms with van der Waals surface area (Å²) in [6.07, 6.45) is 0. The Kier molecular flexibility index (Phi) is 3.03. The fourth-order valence-corrected chi connectivity index (χ4v) is 2.00. The fourth-order valence-electron chi connectivity index (χ4n) is 1.40. The summed E-state index contributed by atoms with van der Waals surface area (Å²) in [5.74, 6) is -0.482. The average molecular weight is 256 g/mol. The van der Waals surface area contributed by atoms with Gasteiger partial charge in [0.2, 0.25) is 10.0 Å². The van der Waals surface area contributed by atoms with Crippen molar-refractivity contribution in [1.82, 2.24) is 9.71 Å². The van der Waals surface area contributed by atoms with Crippen LogP contribution in [0, 0.1) is 0 Å². The van der Waals surface area contributed by atoms with Crippen molar-refractivity contribution in [1.29, 1.82) is 0 Å². The average Bonchev–Trinajstić information content (AvgIpc) is 2.66. The van der Waals surface area contributed by atoms with Crippen molar-refractivity contribution in [2.24, 2.45) is 0 Å². The molecule has 0 fully saturated rings. The summed E-state index contributed by atoms with van der Waals surface area (Å²) in [6, 6.07) is 5.01. The van der Waals surface area contributed by atoms with Crippen molar-refractivity contribution in [3.63, 3.8) is 0 Å². The van der Waals surface area contributed by atoms with Crippen LogP contribution in [0.15, 0.2) is 27.4 Å². The van der Waals surface area contributed by atoms with Gasteiger partial charge in [0, 0.05) is 6.54 Å². The van der Waals surface area contributed by atoms with Gasteiger partial charge in [0.15, 0.2) is 5.58 Å². The van der Waals surface area contributed by atoms with Crippen LogP contribution in [0.3, 0.4) is 0 Å². The first-order valence-corrected chi connectivity index (χ1v) is 6.74. The second-order valence-electron chi connectivity index (χ2n) is 3.57. The van der Waals surface area contributed by atoms with Crippen LogP contribution in [0.5, 0.6) is 0 Å². The van der Waals surface area contributed by atoms with Gasteiger partial charge in [0.1, 0.15) is 0 Å². The predicted octanol–water partition coefficient (Wildman–Crippen LogP) is 0.560. The Morgan fingerprint density at radius 2 is 2.18 bits per heavy atom. The number of hydrogen-bond acceptors (Lipinski definition) is 4. The van der Waals surface area contributed by atoms with E-state index in [1.165, 1.54) is 0 Å². The van der Waals surface area contributed by atoms with Crippen LogP contribution in [0.4, 0.5) is 0 Å². The fraction of sp³-hybridized carbons (Fsp3) is 0.300. The zero-order valence-electron chi connectivity index (χ0n) is 9.19. The first kappa shape index (κ1) is 11.9. The van der Waals surface area contributed by atoms with E-state index in [4.69, 9.17) is 4.42 Å². The molecule has 92 valence electrons. The minimum atomic E-state index is -3.21. The quantitative estimate of drug-likeness (QED) is 0.836. The molecule has 1 aromatic heterocycles.